The van der Waals surface area contributed by atoms with Gasteiger partial charge in [-0.05, 0) is 18.5 Å². The maximum Gasteiger partial charge on any atom is 0.265 e. The fourth-order valence-electron chi connectivity index (χ4n) is 1.31. The van der Waals surface area contributed by atoms with Crippen LogP contribution >= 0.6 is 11.5 Å². The number of amides is 1. The van der Waals surface area contributed by atoms with E-state index in [0.29, 0.717) is 29.3 Å². The smallest absolute Gasteiger partial charge is 0.265 e. The van der Waals surface area contributed by atoms with Crippen LogP contribution in [0.4, 0.5) is 5.69 Å². The molecule has 0 spiro atoms. The van der Waals surface area contributed by atoms with Gasteiger partial charge in [-0.15, -0.1) is 5.10 Å². The first-order valence-corrected chi connectivity index (χ1v) is 5.79. The molecule has 0 aliphatic heterocycles. The summed E-state index contributed by atoms with van der Waals surface area (Å²) >= 11 is 1.09. The lowest BCUT2D eigenvalue weighted by atomic mass is 10.4. The molecule has 0 fully saturated rings. The largest absolute Gasteiger partial charge is 0.396 e. The number of nitrogens with one attached hydrogen (secondary N) is 1. The van der Waals surface area contributed by atoms with Gasteiger partial charge >= 0.3 is 0 Å². The number of hydrogen-bond donors (Lipinski definition) is 2. The predicted octanol–water partition coefficient (Wildman–Crippen LogP) is 0.0552. The minimum Gasteiger partial charge on any atom is -0.396 e. The summed E-state index contributed by atoms with van der Waals surface area (Å²) in [6.45, 7) is 2.82. The zero-order valence-corrected chi connectivity index (χ0v) is 10.1. The van der Waals surface area contributed by atoms with Gasteiger partial charge in [-0.3, -0.25) is 9.48 Å². The van der Waals surface area contributed by atoms with E-state index in [0.717, 1.165) is 11.5 Å². The first kappa shape index (κ1) is 11.5. The van der Waals surface area contributed by atoms with Crippen molar-refractivity contribution in [2.45, 2.75) is 13.5 Å². The van der Waals surface area contributed by atoms with Gasteiger partial charge in [0.2, 0.25) is 0 Å². The molecule has 1 amide bonds. The molecule has 3 N–H and O–H groups in total. The van der Waals surface area contributed by atoms with E-state index in [4.69, 9.17) is 5.73 Å². The average Bonchev–Trinajstić information content (AvgIpc) is 2.87. The zero-order valence-electron chi connectivity index (χ0n) is 9.25. The molecule has 2 aromatic rings. The molecular formula is C9H12N6OS. The lowest BCUT2D eigenvalue weighted by Crippen LogP contribution is -2.27. The first-order valence-electron chi connectivity index (χ1n) is 5.02. The third-order valence-corrected chi connectivity index (χ3v) is 2.96. The van der Waals surface area contributed by atoms with E-state index >= 15 is 0 Å². The van der Waals surface area contributed by atoms with Crippen molar-refractivity contribution in [1.29, 1.82) is 0 Å². The molecule has 0 radical (unpaired) electrons. The second kappa shape index (κ2) is 4.91. The number of rotatable bonds is 4. The van der Waals surface area contributed by atoms with E-state index in [1.165, 1.54) is 0 Å². The van der Waals surface area contributed by atoms with Gasteiger partial charge in [-0.1, -0.05) is 4.49 Å². The Kier molecular flexibility index (Phi) is 3.33. The van der Waals surface area contributed by atoms with Crippen LogP contribution in [-0.2, 0) is 6.54 Å². The number of nitrogens with zero attached hydrogens (tertiary/aromatic N) is 4. The van der Waals surface area contributed by atoms with Gasteiger partial charge in [-0.25, -0.2) is 0 Å². The van der Waals surface area contributed by atoms with Gasteiger partial charge in [0.15, 0.2) is 0 Å². The van der Waals surface area contributed by atoms with Crippen LogP contribution in [0.3, 0.4) is 0 Å². The molecule has 2 rings (SSSR count). The van der Waals surface area contributed by atoms with Crippen molar-refractivity contribution >= 4 is 23.1 Å². The van der Waals surface area contributed by atoms with Crippen LogP contribution in [0.25, 0.3) is 0 Å². The van der Waals surface area contributed by atoms with Gasteiger partial charge in [0.25, 0.3) is 5.91 Å². The van der Waals surface area contributed by atoms with Crippen molar-refractivity contribution in [1.82, 2.24) is 24.7 Å². The highest BCUT2D eigenvalue weighted by Gasteiger charge is 2.11. The Morgan fingerprint density at radius 1 is 1.65 bits per heavy atom. The van der Waals surface area contributed by atoms with E-state index in [9.17, 15) is 4.79 Å². The van der Waals surface area contributed by atoms with Gasteiger partial charge in [0.1, 0.15) is 4.88 Å². The first-order chi connectivity index (χ1) is 8.16. The van der Waals surface area contributed by atoms with Crippen LogP contribution < -0.4 is 11.1 Å². The fraction of sp³-hybridized carbons (Fsp3) is 0.333. The van der Waals surface area contributed by atoms with Crippen LogP contribution in [0.2, 0.25) is 0 Å². The molecule has 0 atom stereocenters. The Morgan fingerprint density at radius 3 is 3.06 bits per heavy atom. The van der Waals surface area contributed by atoms with Gasteiger partial charge in [-0.2, -0.15) is 5.10 Å². The molecule has 0 saturated heterocycles. The third-order valence-electron chi connectivity index (χ3n) is 2.14. The number of aromatic nitrogens is 4. The monoisotopic (exact) mass is 252 g/mol. The molecule has 0 aliphatic rings. The van der Waals surface area contributed by atoms with E-state index in [1.807, 2.05) is 0 Å². The number of nitrogen functional groups attached to an aromatic ring is 1. The molecule has 2 heterocycles. The molecule has 90 valence electrons. The standard InChI is InChI=1S/C9H12N6OS/c1-6-8(17-14-13-6)9(16)11-2-3-15-5-7(10)4-12-15/h4-5H,2-3,10H2,1H3,(H,11,16). The summed E-state index contributed by atoms with van der Waals surface area (Å²) in [6.07, 6.45) is 3.28. The van der Waals surface area contributed by atoms with Crippen molar-refractivity contribution < 1.29 is 4.79 Å². The topological polar surface area (TPSA) is 98.7 Å². The molecule has 8 heteroatoms. The second-order valence-corrected chi connectivity index (χ2v) is 4.23. The van der Waals surface area contributed by atoms with Crippen LogP contribution in [0.15, 0.2) is 12.4 Å². The highest BCUT2D eigenvalue weighted by Crippen LogP contribution is 2.08. The van der Waals surface area contributed by atoms with Crippen molar-refractivity contribution in [3.05, 3.63) is 23.0 Å². The molecular weight excluding hydrogens is 240 g/mol. The minimum absolute atomic E-state index is 0.155. The predicted molar refractivity (Wildman–Crippen MR) is 63.6 cm³/mol. The Morgan fingerprint density at radius 2 is 2.47 bits per heavy atom. The number of hydrogen-bond acceptors (Lipinski definition) is 6. The van der Waals surface area contributed by atoms with Gasteiger partial charge in [0, 0.05) is 12.7 Å². The maximum atomic E-state index is 11.7. The molecule has 0 aliphatic carbocycles. The molecule has 2 aromatic heterocycles. The number of aryl methyl sites for hydroxylation is 1. The summed E-state index contributed by atoms with van der Waals surface area (Å²) in [5.74, 6) is -0.155. The summed E-state index contributed by atoms with van der Waals surface area (Å²) in [5, 5.41) is 10.6. The summed E-state index contributed by atoms with van der Waals surface area (Å²) < 4.78 is 5.38. The van der Waals surface area contributed by atoms with Crippen LogP contribution in [0.5, 0.6) is 0 Å². The molecule has 0 unspecified atom stereocenters. The number of carbonyl (C=O) groups excluding carboxylic acids is 1. The third kappa shape index (κ3) is 2.78. The molecule has 0 saturated carbocycles. The van der Waals surface area contributed by atoms with Crippen LogP contribution in [0, 0.1) is 6.92 Å². The number of nitrogens with two attached hydrogens (primary N) is 1. The zero-order chi connectivity index (χ0) is 12.3. The van der Waals surface area contributed by atoms with Gasteiger partial charge in [0.05, 0.1) is 24.1 Å². The molecule has 7 nitrogen and oxygen atoms in total. The minimum atomic E-state index is -0.155. The normalized spacial score (nSPS) is 10.4. The SMILES string of the molecule is Cc1nnsc1C(=O)NCCn1cc(N)cn1. The van der Waals surface area contributed by atoms with E-state index in [-0.39, 0.29) is 5.91 Å². The average molecular weight is 252 g/mol. The highest BCUT2D eigenvalue weighted by atomic mass is 32.1. The Balaban J connectivity index is 1.83. The highest BCUT2D eigenvalue weighted by molar-refractivity contribution is 7.07. The van der Waals surface area contributed by atoms with Crippen LogP contribution in [0.1, 0.15) is 15.4 Å². The van der Waals surface area contributed by atoms with Crippen molar-refractivity contribution in [2.75, 3.05) is 12.3 Å². The molecule has 0 bridgehead atoms. The van der Waals surface area contributed by atoms with E-state index in [2.05, 4.69) is 20.0 Å². The van der Waals surface area contributed by atoms with Crippen molar-refractivity contribution in [3.8, 4) is 0 Å². The fourth-order valence-corrected chi connectivity index (χ4v) is 1.88. The Hall–Kier alpha value is -1.96. The quantitative estimate of drug-likeness (QED) is 0.801. The van der Waals surface area contributed by atoms with Crippen LogP contribution in [-0.4, -0.2) is 31.8 Å². The Labute approximate surface area is 102 Å². The van der Waals surface area contributed by atoms with Crippen molar-refractivity contribution in [3.63, 3.8) is 0 Å². The molecule has 0 aromatic carbocycles. The van der Waals surface area contributed by atoms with E-state index < -0.39 is 0 Å². The van der Waals surface area contributed by atoms with Gasteiger partial charge < -0.3 is 11.1 Å². The van der Waals surface area contributed by atoms with E-state index in [1.54, 1.807) is 24.0 Å². The second-order valence-electron chi connectivity index (χ2n) is 3.48. The summed E-state index contributed by atoms with van der Waals surface area (Å²) in [4.78, 5) is 12.2. The summed E-state index contributed by atoms with van der Waals surface area (Å²) in [6, 6.07) is 0. The lowest BCUT2D eigenvalue weighted by Gasteiger charge is -2.03. The Bertz CT molecular complexity index is 519. The maximum absolute atomic E-state index is 11.7. The molecule has 17 heavy (non-hydrogen) atoms. The number of anilines is 1. The number of carbonyl (C=O) groups is 1. The summed E-state index contributed by atoms with van der Waals surface area (Å²) in [5.41, 5.74) is 6.78. The summed E-state index contributed by atoms with van der Waals surface area (Å²) in [7, 11) is 0. The van der Waals surface area contributed by atoms with Crippen molar-refractivity contribution in [2.24, 2.45) is 0 Å². The lowest BCUT2D eigenvalue weighted by molar-refractivity contribution is 0.0955.